The lowest BCUT2D eigenvalue weighted by atomic mass is 10.2. The molecule has 2 aromatic rings. The summed E-state index contributed by atoms with van der Waals surface area (Å²) >= 11 is 1.35. The van der Waals surface area contributed by atoms with E-state index in [1.54, 1.807) is 11.6 Å². The van der Waals surface area contributed by atoms with Crippen molar-refractivity contribution in [3.63, 3.8) is 0 Å². The Morgan fingerprint density at radius 3 is 2.95 bits per heavy atom. The first-order valence-electron chi connectivity index (χ1n) is 6.77. The summed E-state index contributed by atoms with van der Waals surface area (Å²) in [6, 6.07) is 0.415. The number of hydrogen-bond acceptors (Lipinski definition) is 6. The van der Waals surface area contributed by atoms with E-state index < -0.39 is 10.0 Å². The average molecular weight is 331 g/mol. The monoisotopic (exact) mass is 331 g/mol. The summed E-state index contributed by atoms with van der Waals surface area (Å²) in [5.41, 5.74) is 5.73. The van der Waals surface area contributed by atoms with Gasteiger partial charge in [-0.05, 0) is 20.4 Å². The number of nitrogen functional groups attached to an aromatic ring is 1. The number of likely N-dealkylation sites (N-methyl/N-ethyl adjacent to an activating group) is 1. The summed E-state index contributed by atoms with van der Waals surface area (Å²) in [6.45, 7) is 5.18. The first-order chi connectivity index (χ1) is 9.86. The Balaban J connectivity index is 2.09. The standard InChI is InChI=1S/C12H21N5O2S2/c1-4-9(2)16(3)6-5-14-21(18,19)11-10(13)15-12-17(11)7-8-20-12/h7-9,14H,4-6,13H2,1-3H3. The Morgan fingerprint density at radius 2 is 2.29 bits per heavy atom. The van der Waals surface area contributed by atoms with Crippen LogP contribution >= 0.6 is 11.3 Å². The smallest absolute Gasteiger partial charge is 0.260 e. The zero-order valence-electron chi connectivity index (χ0n) is 12.4. The second-order valence-electron chi connectivity index (χ2n) is 4.99. The van der Waals surface area contributed by atoms with Crippen molar-refractivity contribution >= 4 is 32.1 Å². The van der Waals surface area contributed by atoms with Gasteiger partial charge in [-0.2, -0.15) is 0 Å². The van der Waals surface area contributed by atoms with Crippen LogP contribution in [0.15, 0.2) is 16.6 Å². The molecule has 0 radical (unpaired) electrons. The van der Waals surface area contributed by atoms with E-state index in [2.05, 4.69) is 28.5 Å². The fourth-order valence-electron chi connectivity index (χ4n) is 2.01. The van der Waals surface area contributed by atoms with Gasteiger partial charge in [0.25, 0.3) is 10.0 Å². The minimum absolute atomic E-state index is 0.0185. The first-order valence-corrected chi connectivity index (χ1v) is 9.14. The fourth-order valence-corrected chi connectivity index (χ4v) is 4.01. The molecule has 0 spiro atoms. The molecular weight excluding hydrogens is 310 g/mol. The normalized spacial score (nSPS) is 14.1. The molecule has 2 heterocycles. The van der Waals surface area contributed by atoms with E-state index in [1.165, 1.54) is 15.7 Å². The van der Waals surface area contributed by atoms with E-state index in [4.69, 9.17) is 5.73 Å². The number of rotatable bonds is 7. The second kappa shape index (κ2) is 6.30. The Bertz CT molecular complexity index is 706. The van der Waals surface area contributed by atoms with Crippen molar-refractivity contribution in [2.24, 2.45) is 0 Å². The molecule has 0 bridgehead atoms. The van der Waals surface area contributed by atoms with Gasteiger partial charge in [-0.3, -0.25) is 4.40 Å². The second-order valence-corrected chi connectivity index (χ2v) is 7.55. The number of nitrogens with one attached hydrogen (secondary N) is 1. The molecule has 0 aliphatic rings. The molecule has 0 fully saturated rings. The molecule has 1 atom stereocenters. The summed E-state index contributed by atoms with van der Waals surface area (Å²) in [6.07, 6.45) is 2.68. The molecule has 0 aliphatic carbocycles. The Hall–Kier alpha value is -1.16. The highest BCUT2D eigenvalue weighted by Gasteiger charge is 2.24. The Morgan fingerprint density at radius 1 is 1.57 bits per heavy atom. The lowest BCUT2D eigenvalue weighted by Gasteiger charge is -2.23. The van der Waals surface area contributed by atoms with Gasteiger partial charge >= 0.3 is 0 Å². The average Bonchev–Trinajstić information content (AvgIpc) is 2.96. The summed E-state index contributed by atoms with van der Waals surface area (Å²) in [4.78, 5) is 6.74. The third kappa shape index (κ3) is 3.37. The number of anilines is 1. The molecule has 21 heavy (non-hydrogen) atoms. The van der Waals surface area contributed by atoms with Gasteiger partial charge in [0.05, 0.1) is 0 Å². The highest BCUT2D eigenvalue weighted by Crippen LogP contribution is 2.22. The fraction of sp³-hybridized carbons (Fsp3) is 0.583. The van der Waals surface area contributed by atoms with Gasteiger partial charge in [0.2, 0.25) is 0 Å². The molecule has 0 aliphatic heterocycles. The van der Waals surface area contributed by atoms with Gasteiger partial charge in [0.1, 0.15) is 0 Å². The van der Waals surface area contributed by atoms with Gasteiger partial charge in [-0.15, -0.1) is 11.3 Å². The molecule has 0 aromatic carbocycles. The van der Waals surface area contributed by atoms with Crippen LogP contribution in [0.4, 0.5) is 5.82 Å². The number of imidazole rings is 1. The maximum absolute atomic E-state index is 12.4. The summed E-state index contributed by atoms with van der Waals surface area (Å²) in [5, 5.41) is 1.79. The van der Waals surface area contributed by atoms with Crippen molar-refractivity contribution in [2.45, 2.75) is 31.3 Å². The molecule has 9 heteroatoms. The molecule has 0 saturated carbocycles. The van der Waals surface area contributed by atoms with Crippen molar-refractivity contribution < 1.29 is 8.42 Å². The number of nitrogens with two attached hydrogens (primary N) is 1. The number of aromatic nitrogens is 2. The lowest BCUT2D eigenvalue weighted by Crippen LogP contribution is -2.37. The lowest BCUT2D eigenvalue weighted by molar-refractivity contribution is 0.256. The van der Waals surface area contributed by atoms with E-state index in [9.17, 15) is 8.42 Å². The minimum Gasteiger partial charge on any atom is -0.381 e. The maximum Gasteiger partial charge on any atom is 0.260 e. The Kier molecular flexibility index (Phi) is 4.87. The topological polar surface area (TPSA) is 92.7 Å². The molecule has 2 rings (SSSR count). The van der Waals surface area contributed by atoms with Crippen molar-refractivity contribution in [3.05, 3.63) is 11.6 Å². The number of fused-ring (bicyclic) bond motifs is 1. The van der Waals surface area contributed by atoms with Crippen LogP contribution in [0.1, 0.15) is 20.3 Å². The summed E-state index contributed by atoms with van der Waals surface area (Å²) in [5.74, 6) is 0.0321. The van der Waals surface area contributed by atoms with Crippen LogP contribution in [0.2, 0.25) is 0 Å². The summed E-state index contributed by atoms with van der Waals surface area (Å²) in [7, 11) is -1.69. The molecule has 1 unspecified atom stereocenters. The van der Waals surface area contributed by atoms with Gasteiger partial charge in [-0.25, -0.2) is 18.1 Å². The third-order valence-electron chi connectivity index (χ3n) is 3.60. The number of thiazole rings is 1. The van der Waals surface area contributed by atoms with Crippen LogP contribution in [0.5, 0.6) is 0 Å². The van der Waals surface area contributed by atoms with E-state index in [0.29, 0.717) is 24.1 Å². The van der Waals surface area contributed by atoms with E-state index >= 15 is 0 Å². The molecular formula is C12H21N5O2S2. The third-order valence-corrected chi connectivity index (χ3v) is 5.85. The van der Waals surface area contributed by atoms with Crippen LogP contribution in [0.25, 0.3) is 4.96 Å². The maximum atomic E-state index is 12.4. The first kappa shape index (κ1) is 16.2. The van der Waals surface area contributed by atoms with E-state index in [1.807, 2.05) is 7.05 Å². The van der Waals surface area contributed by atoms with Gasteiger partial charge in [0, 0.05) is 30.7 Å². The summed E-state index contributed by atoms with van der Waals surface area (Å²) < 4.78 is 28.9. The van der Waals surface area contributed by atoms with Crippen LogP contribution in [-0.2, 0) is 10.0 Å². The number of hydrogen-bond donors (Lipinski definition) is 2. The van der Waals surface area contributed by atoms with Crippen molar-refractivity contribution in [1.82, 2.24) is 19.0 Å². The van der Waals surface area contributed by atoms with Gasteiger partial charge in [0.15, 0.2) is 15.8 Å². The minimum atomic E-state index is -3.67. The largest absolute Gasteiger partial charge is 0.381 e. The van der Waals surface area contributed by atoms with Gasteiger partial charge < -0.3 is 10.6 Å². The van der Waals surface area contributed by atoms with Crippen LogP contribution in [-0.4, -0.2) is 48.9 Å². The van der Waals surface area contributed by atoms with Crippen molar-refractivity contribution in [1.29, 1.82) is 0 Å². The molecule has 0 amide bonds. The molecule has 2 aromatic heterocycles. The Labute approximate surface area is 128 Å². The predicted molar refractivity (Wildman–Crippen MR) is 85.1 cm³/mol. The van der Waals surface area contributed by atoms with Crippen LogP contribution < -0.4 is 10.5 Å². The quantitative estimate of drug-likeness (QED) is 0.789. The molecule has 7 nitrogen and oxygen atoms in total. The molecule has 0 saturated heterocycles. The zero-order valence-corrected chi connectivity index (χ0v) is 14.0. The van der Waals surface area contributed by atoms with Crippen molar-refractivity contribution in [3.8, 4) is 0 Å². The van der Waals surface area contributed by atoms with Crippen LogP contribution in [0.3, 0.4) is 0 Å². The van der Waals surface area contributed by atoms with Crippen molar-refractivity contribution in [2.75, 3.05) is 25.9 Å². The number of nitrogens with zero attached hydrogens (tertiary/aromatic N) is 3. The van der Waals surface area contributed by atoms with E-state index in [0.717, 1.165) is 6.42 Å². The van der Waals surface area contributed by atoms with Gasteiger partial charge in [-0.1, -0.05) is 6.92 Å². The number of sulfonamides is 1. The predicted octanol–water partition coefficient (Wildman–Crippen LogP) is 0.987. The SMILES string of the molecule is CCC(C)N(C)CCNS(=O)(=O)c1c(N)nc2sccn12. The molecule has 118 valence electrons. The van der Waals surface area contributed by atoms with E-state index in [-0.39, 0.29) is 10.8 Å². The highest BCUT2D eigenvalue weighted by molar-refractivity contribution is 7.89. The van der Waals surface area contributed by atoms with Crippen LogP contribution in [0, 0.1) is 0 Å². The molecule has 3 N–H and O–H groups in total. The highest BCUT2D eigenvalue weighted by atomic mass is 32.2. The zero-order chi connectivity index (χ0) is 15.6.